The molecule has 2 aliphatic rings. The van der Waals surface area contributed by atoms with Gasteiger partial charge < -0.3 is 83.3 Å². The molecule has 0 saturated heterocycles. The minimum Gasteiger partial charge on any atom is -0.495 e. The molecule has 1 atom stereocenters. The second-order valence-corrected chi connectivity index (χ2v) is 21.1. The number of likely N-dealkylation sites (N-methyl/N-ethyl adjacent to an activating group) is 3. The number of benzene rings is 3. The van der Waals surface area contributed by atoms with Crippen molar-refractivity contribution in [2.45, 2.75) is 51.1 Å². The van der Waals surface area contributed by atoms with Gasteiger partial charge in [-0.25, -0.2) is 15.0 Å². The Morgan fingerprint density at radius 3 is 2.02 bits per heavy atom. The van der Waals surface area contributed by atoms with Gasteiger partial charge in [-0.15, -0.1) is 0 Å². The number of anilines is 8. The Bertz CT molecular complexity index is 3210. The van der Waals surface area contributed by atoms with Crippen molar-refractivity contribution < 1.29 is 52.3 Å². The second kappa shape index (κ2) is 33.2. The van der Waals surface area contributed by atoms with Crippen molar-refractivity contribution in [3.63, 3.8) is 0 Å². The first-order valence-corrected chi connectivity index (χ1v) is 29.7. The molecule has 8 rings (SSSR count). The zero-order valence-electron chi connectivity index (χ0n) is 51.3. The van der Waals surface area contributed by atoms with E-state index in [1.807, 2.05) is 58.4 Å². The lowest BCUT2D eigenvalue weighted by Gasteiger charge is -2.43. The Labute approximate surface area is 509 Å². The number of rotatable bonds is 37. The molecular weight excluding hydrogens is 1110 g/mol. The molecule has 1 aliphatic carbocycles. The topological polar surface area (TPSA) is 243 Å². The van der Waals surface area contributed by atoms with Crippen LogP contribution < -0.4 is 45.4 Å². The zero-order chi connectivity index (χ0) is 61.5. The lowest BCUT2D eigenvalue weighted by atomic mass is 10.0. The average molecular weight is 1200 g/mol. The van der Waals surface area contributed by atoms with Crippen molar-refractivity contribution >= 4 is 74.8 Å². The van der Waals surface area contributed by atoms with Crippen LogP contribution in [0.1, 0.15) is 49.4 Å². The van der Waals surface area contributed by atoms with Crippen LogP contribution in [0.4, 0.5) is 46.2 Å². The predicted octanol–water partition coefficient (Wildman–Crippen LogP) is 7.46. The fourth-order valence-corrected chi connectivity index (χ4v) is 10.5. The summed E-state index contributed by atoms with van der Waals surface area (Å²) in [5.74, 6) is 1.96. The third kappa shape index (κ3) is 17.8. The number of carbonyl (C=O) groups is 3. The molecule has 4 heterocycles. The lowest BCUT2D eigenvalue weighted by Crippen LogP contribution is -2.55. The molecule has 0 bridgehead atoms. The average Bonchev–Trinajstić information content (AvgIpc) is 2.13. The van der Waals surface area contributed by atoms with Crippen molar-refractivity contribution in [2.24, 2.45) is 7.05 Å². The highest BCUT2D eigenvalue weighted by Gasteiger charge is 2.41. The third-order valence-electron chi connectivity index (χ3n) is 15.2. The van der Waals surface area contributed by atoms with Crippen LogP contribution in [0.2, 0.25) is 0 Å². The van der Waals surface area contributed by atoms with Crippen molar-refractivity contribution in [2.75, 3.05) is 171 Å². The van der Waals surface area contributed by atoms with E-state index in [0.717, 1.165) is 72.4 Å². The highest BCUT2D eigenvalue weighted by molar-refractivity contribution is 6.05. The predicted molar refractivity (Wildman–Crippen MR) is 338 cm³/mol. The fourth-order valence-electron chi connectivity index (χ4n) is 10.5. The van der Waals surface area contributed by atoms with Crippen molar-refractivity contribution in [1.29, 1.82) is 0 Å². The number of methoxy groups -OCH3 is 2. The van der Waals surface area contributed by atoms with E-state index < -0.39 is 0 Å². The number of amides is 3. The SMILES string of the molecule is C=CC(=O)Nc1cc(Nc2nccc(-c3cn(C)c4ccccc34)n2)c(OC)cc1N(C)CCN(C)CCOCCOCCOCCOCCOCCOCCNC(=O)c1ccc(Nc2ncc3c(n2)N(C2CCCC2)C(CC)C(=O)N3C)c(OC)c1. The van der Waals surface area contributed by atoms with E-state index in [-0.39, 0.29) is 29.8 Å². The number of hydrogen-bond donors (Lipinski definition) is 4. The summed E-state index contributed by atoms with van der Waals surface area (Å²) in [5, 5.41) is 13.5. The van der Waals surface area contributed by atoms with Gasteiger partial charge in [0.2, 0.25) is 23.7 Å². The van der Waals surface area contributed by atoms with Crippen molar-refractivity contribution in [1.82, 2.24) is 34.7 Å². The number of aromatic nitrogens is 5. The van der Waals surface area contributed by atoms with Gasteiger partial charge in [-0.2, -0.15) is 4.98 Å². The van der Waals surface area contributed by atoms with Gasteiger partial charge in [-0.05, 0) is 68.8 Å². The van der Waals surface area contributed by atoms with Crippen LogP contribution in [0.15, 0.2) is 91.9 Å². The Kier molecular flexibility index (Phi) is 24.8. The number of carbonyl (C=O) groups excluding carboxylic acids is 3. The number of hydrogen-bond acceptors (Lipinski definition) is 20. The second-order valence-electron chi connectivity index (χ2n) is 21.1. The first kappa shape index (κ1) is 65.0. The summed E-state index contributed by atoms with van der Waals surface area (Å²) in [4.78, 5) is 65.8. The van der Waals surface area contributed by atoms with Crippen LogP contribution in [-0.4, -0.2) is 200 Å². The molecule has 24 nitrogen and oxygen atoms in total. The largest absolute Gasteiger partial charge is 0.495 e. The Morgan fingerprint density at radius 2 is 1.36 bits per heavy atom. The van der Waals surface area contributed by atoms with Gasteiger partial charge in [0.05, 0.1) is 128 Å². The maximum atomic E-state index is 13.3. The maximum absolute atomic E-state index is 13.3. The smallest absolute Gasteiger partial charge is 0.251 e. The Morgan fingerprint density at radius 1 is 0.724 bits per heavy atom. The molecule has 0 spiro atoms. The zero-order valence-corrected chi connectivity index (χ0v) is 51.3. The first-order valence-electron chi connectivity index (χ1n) is 29.7. The van der Waals surface area contributed by atoms with Crippen LogP contribution in [0.25, 0.3) is 22.2 Å². The summed E-state index contributed by atoms with van der Waals surface area (Å²) >= 11 is 0. The molecule has 1 fully saturated rings. The van der Waals surface area contributed by atoms with Crippen LogP contribution in [0, 0.1) is 0 Å². The Hall–Kier alpha value is -7.97. The third-order valence-corrected chi connectivity index (χ3v) is 15.2. The van der Waals surface area contributed by atoms with Crippen LogP contribution in [0.3, 0.4) is 0 Å². The highest BCUT2D eigenvalue weighted by atomic mass is 16.6. The van der Waals surface area contributed by atoms with Crippen molar-refractivity contribution in [3.8, 4) is 22.8 Å². The minimum absolute atomic E-state index is 0.0595. The number of nitrogens with one attached hydrogen (secondary N) is 4. The molecule has 6 aromatic rings. The first-order chi connectivity index (χ1) is 42.4. The van der Waals surface area contributed by atoms with E-state index in [1.165, 1.54) is 6.08 Å². The quantitative estimate of drug-likeness (QED) is 0.0219. The van der Waals surface area contributed by atoms with Gasteiger partial charge in [-0.3, -0.25) is 14.4 Å². The summed E-state index contributed by atoms with van der Waals surface area (Å²) in [6, 6.07) is 18.9. The van der Waals surface area contributed by atoms with E-state index in [9.17, 15) is 14.4 Å². The molecule has 24 heteroatoms. The molecule has 0 radical (unpaired) electrons. The van der Waals surface area contributed by atoms with E-state index >= 15 is 0 Å². The Balaban J connectivity index is 0.623. The normalized spacial score (nSPS) is 14.2. The van der Waals surface area contributed by atoms with Crippen LogP contribution in [0.5, 0.6) is 11.5 Å². The van der Waals surface area contributed by atoms with Gasteiger partial charge >= 0.3 is 0 Å². The van der Waals surface area contributed by atoms with Gasteiger partial charge in [0.15, 0.2) is 5.82 Å². The number of aryl methyl sites for hydroxylation is 1. The van der Waals surface area contributed by atoms with Gasteiger partial charge in [-0.1, -0.05) is 44.5 Å². The molecular formula is C63H85N13O11. The van der Waals surface area contributed by atoms with Gasteiger partial charge in [0.25, 0.3) is 5.91 Å². The number of ether oxygens (including phenoxy) is 8. The van der Waals surface area contributed by atoms with Crippen molar-refractivity contribution in [3.05, 3.63) is 97.5 Å². The summed E-state index contributed by atoms with van der Waals surface area (Å²) < 4.78 is 47.6. The summed E-state index contributed by atoms with van der Waals surface area (Å²) in [7, 11) is 10.9. The highest BCUT2D eigenvalue weighted by Crippen LogP contribution is 2.41. The molecule has 1 saturated carbocycles. The van der Waals surface area contributed by atoms with E-state index in [2.05, 4.69) is 75.4 Å². The molecule has 87 heavy (non-hydrogen) atoms. The van der Waals surface area contributed by atoms with Crippen LogP contribution >= 0.6 is 0 Å². The van der Waals surface area contributed by atoms with E-state index in [1.54, 1.807) is 56.8 Å². The van der Waals surface area contributed by atoms with E-state index in [4.69, 9.17) is 47.9 Å². The van der Waals surface area contributed by atoms with E-state index in [0.29, 0.717) is 151 Å². The summed E-state index contributed by atoms with van der Waals surface area (Å²) in [6.45, 7) is 13.3. The molecule has 3 aromatic heterocycles. The molecule has 468 valence electrons. The molecule has 3 aromatic carbocycles. The van der Waals surface area contributed by atoms with Crippen LogP contribution in [-0.2, 0) is 45.1 Å². The number of fused-ring (bicyclic) bond motifs is 2. The van der Waals surface area contributed by atoms with Gasteiger partial charge in [0.1, 0.15) is 23.2 Å². The number of para-hydroxylation sites is 1. The molecule has 4 N–H and O–H groups in total. The fraction of sp³-hybridized carbons (Fsp3) is 0.476. The molecule has 1 aliphatic heterocycles. The number of nitrogens with zero attached hydrogens (tertiary/aromatic N) is 9. The standard InChI is InChI=1S/C63H85N13O11/c1-9-52-61(79)75(6)55-42-66-63(71-59(55)76(52)45-15-11-12-16-45)69-49-20-19-44(39-56(49)80-7)60(78)64-23-27-82-29-31-84-33-35-86-37-38-87-36-34-85-32-30-83-28-26-72(3)24-25-73(4)54-41-57(81-8)51(40-50(54)67-58(77)10-2)70-62-65-22-21-48(68-62)47-43-74(5)53-18-14-13-17-46(47)53/h10,13-14,17-22,39-43,45,52H,2,9,11-12,15-16,23-38H2,1,3-8H3,(H,64,78)(H,67,77)(H,65,68,70)(H,66,69,71). The minimum atomic E-state index is -0.341. The summed E-state index contributed by atoms with van der Waals surface area (Å²) in [5.41, 5.74) is 6.51. The molecule has 3 amide bonds. The lowest BCUT2D eigenvalue weighted by molar-refractivity contribution is -0.120. The maximum Gasteiger partial charge on any atom is 0.251 e. The molecule has 1 unspecified atom stereocenters. The monoisotopic (exact) mass is 1200 g/mol. The van der Waals surface area contributed by atoms with Gasteiger partial charge in [0, 0.05) is 93.9 Å². The summed E-state index contributed by atoms with van der Waals surface area (Å²) in [6.07, 6.45) is 11.7.